The lowest BCUT2D eigenvalue weighted by molar-refractivity contribution is 0.590. The fraction of sp³-hybridized carbons (Fsp3) is 0.129. The molecule has 314 valence electrons. The van der Waals surface area contributed by atoms with Gasteiger partial charge < -0.3 is 9.71 Å². The van der Waals surface area contributed by atoms with Gasteiger partial charge in [0.25, 0.3) is 0 Å². The first-order valence-electron chi connectivity index (χ1n) is 23.5. The molecule has 10 aromatic rings. The third-order valence-corrected chi connectivity index (χ3v) is 16.8. The van der Waals surface area contributed by atoms with Crippen LogP contribution in [0.3, 0.4) is 0 Å². The number of para-hydroxylation sites is 2. The molecule has 0 amide bonds. The number of fused-ring (bicyclic) bond motifs is 13. The van der Waals surface area contributed by atoms with Crippen LogP contribution in [0.5, 0.6) is 0 Å². The van der Waals surface area contributed by atoms with E-state index in [9.17, 15) is 0 Å². The van der Waals surface area contributed by atoms with Gasteiger partial charge in [-0.25, -0.2) is 0 Å². The molecule has 4 heterocycles. The molecule has 9 aromatic carbocycles. The Hall–Kier alpha value is -7.14. The largest absolute Gasteiger partial charge is 0.376 e. The van der Waals surface area contributed by atoms with Crippen molar-refractivity contribution in [2.24, 2.45) is 0 Å². The molecule has 4 aliphatic rings. The van der Waals surface area contributed by atoms with Crippen molar-refractivity contribution in [1.29, 1.82) is 0 Å². The summed E-state index contributed by atoms with van der Waals surface area (Å²) in [4.78, 5) is 5.40. The van der Waals surface area contributed by atoms with Crippen molar-refractivity contribution in [3.63, 3.8) is 0 Å². The van der Waals surface area contributed by atoms with Gasteiger partial charge in [-0.3, -0.25) is 0 Å². The number of benzene rings is 9. The van der Waals surface area contributed by atoms with Gasteiger partial charge in [-0.05, 0) is 114 Å². The second-order valence-corrected chi connectivity index (χ2v) is 21.5. The average Bonchev–Trinajstić information content (AvgIpc) is 3.82. The molecule has 0 radical (unpaired) electrons. The van der Waals surface area contributed by atoms with Gasteiger partial charge in [0.2, 0.25) is 0 Å². The van der Waals surface area contributed by atoms with Gasteiger partial charge in [-0.15, -0.1) is 11.3 Å². The number of rotatable bonds is 3. The van der Waals surface area contributed by atoms with E-state index >= 15 is 0 Å². The number of hydrogen-bond acceptors (Lipinski definition) is 3. The minimum atomic E-state index is -0.582. The van der Waals surface area contributed by atoms with E-state index in [1.54, 1.807) is 0 Å². The number of anilines is 5. The molecule has 0 spiro atoms. The Balaban J connectivity index is 1.18. The second kappa shape index (κ2) is 13.2. The van der Waals surface area contributed by atoms with Gasteiger partial charge in [0, 0.05) is 53.9 Å². The number of nitrogens with zero attached hydrogens (tertiary/aromatic N) is 2. The van der Waals surface area contributed by atoms with E-state index in [4.69, 9.17) is 0 Å². The van der Waals surface area contributed by atoms with E-state index in [-0.39, 0.29) is 17.7 Å². The van der Waals surface area contributed by atoms with Crippen LogP contribution in [0, 0.1) is 0 Å². The Morgan fingerprint density at radius 2 is 1.15 bits per heavy atom. The third kappa shape index (κ3) is 4.82. The molecule has 3 aliphatic heterocycles. The zero-order valence-corrected chi connectivity index (χ0v) is 38.7. The summed E-state index contributed by atoms with van der Waals surface area (Å²) in [5, 5.41) is 2.65. The highest BCUT2D eigenvalue weighted by molar-refractivity contribution is 7.25. The summed E-state index contributed by atoms with van der Waals surface area (Å²) in [6.45, 7) is 11.7. The maximum absolute atomic E-state index is 2.72. The summed E-state index contributed by atoms with van der Waals surface area (Å²) in [6.07, 6.45) is 0. The van der Waals surface area contributed by atoms with Gasteiger partial charge in [-0.1, -0.05) is 186 Å². The van der Waals surface area contributed by atoms with Crippen LogP contribution in [-0.4, -0.2) is 6.85 Å². The van der Waals surface area contributed by atoms with Crippen LogP contribution in [0.1, 0.15) is 73.6 Å². The van der Waals surface area contributed by atoms with Crippen LogP contribution < -0.4 is 20.6 Å². The van der Waals surface area contributed by atoms with E-state index in [1.807, 2.05) is 11.3 Å². The Bertz CT molecular complexity index is 3630. The van der Waals surface area contributed by atoms with Crippen LogP contribution in [0.15, 0.2) is 194 Å². The highest BCUT2D eigenvalue weighted by Crippen LogP contribution is 2.62. The van der Waals surface area contributed by atoms with Crippen LogP contribution in [0.2, 0.25) is 0 Å². The molecule has 0 bridgehead atoms. The van der Waals surface area contributed by atoms with Gasteiger partial charge in [0.1, 0.15) is 0 Å². The van der Waals surface area contributed by atoms with Crippen molar-refractivity contribution >= 4 is 77.7 Å². The maximum Gasteiger partial charge on any atom is 0.333 e. The lowest BCUT2D eigenvalue weighted by atomic mass is 9.41. The molecule has 0 saturated heterocycles. The standard InChI is InChI=1S/C62H47BN2S/c1-60(2,3)38-31-33-41(34-32-38)65-52-37-55-44(43-24-13-17-30-54(43)66-55)35-46(52)56-57-45(42-23-12-14-25-47(42)61(57,4)5)36-53-58(56)63(65)50-28-18-27-49-59(50)64(53)51-29-16-15-26-48(51)62(49,39-19-8-6-9-20-39)40-21-10-7-11-22-40/h6-37H,1-5H3. The smallest absolute Gasteiger partial charge is 0.333 e. The Morgan fingerprint density at radius 1 is 0.500 bits per heavy atom. The summed E-state index contributed by atoms with van der Waals surface area (Å²) in [5.74, 6) is 0. The van der Waals surface area contributed by atoms with Crippen molar-refractivity contribution in [3.8, 4) is 22.3 Å². The first-order chi connectivity index (χ1) is 32.2. The van der Waals surface area contributed by atoms with E-state index < -0.39 is 5.41 Å². The molecule has 0 unspecified atom stereocenters. The predicted molar refractivity (Wildman–Crippen MR) is 281 cm³/mol. The van der Waals surface area contributed by atoms with E-state index in [0.29, 0.717) is 0 Å². The molecule has 2 nitrogen and oxygen atoms in total. The highest BCUT2D eigenvalue weighted by atomic mass is 32.1. The van der Waals surface area contributed by atoms with Crippen LogP contribution in [0.4, 0.5) is 28.4 Å². The molecule has 14 rings (SSSR count). The number of thiophene rings is 1. The summed E-state index contributed by atoms with van der Waals surface area (Å²) < 4.78 is 2.64. The molecule has 0 saturated carbocycles. The summed E-state index contributed by atoms with van der Waals surface area (Å²) in [6, 6.07) is 74.4. The topological polar surface area (TPSA) is 6.48 Å². The minimum Gasteiger partial charge on any atom is -0.376 e. The van der Waals surface area contributed by atoms with Crippen molar-refractivity contribution in [3.05, 3.63) is 233 Å². The molecular weight excluding hydrogens is 816 g/mol. The normalized spacial score (nSPS) is 15.5. The summed E-state index contributed by atoms with van der Waals surface area (Å²) in [5.41, 5.74) is 22.8. The zero-order valence-electron chi connectivity index (χ0n) is 37.9. The predicted octanol–water partition coefficient (Wildman–Crippen LogP) is 15.1. The second-order valence-electron chi connectivity index (χ2n) is 20.4. The van der Waals surface area contributed by atoms with Crippen molar-refractivity contribution in [1.82, 2.24) is 0 Å². The molecule has 4 heteroatoms. The summed E-state index contributed by atoms with van der Waals surface area (Å²) in [7, 11) is 0. The lowest BCUT2D eigenvalue weighted by Crippen LogP contribution is -2.63. The van der Waals surface area contributed by atoms with Crippen LogP contribution >= 0.6 is 11.3 Å². The minimum absolute atomic E-state index is 0.0257. The van der Waals surface area contributed by atoms with E-state index in [0.717, 1.165) is 0 Å². The van der Waals surface area contributed by atoms with Crippen molar-refractivity contribution < 1.29 is 0 Å². The molecule has 0 atom stereocenters. The van der Waals surface area contributed by atoms with Gasteiger partial charge in [-0.2, -0.15) is 0 Å². The lowest BCUT2D eigenvalue weighted by Gasteiger charge is -2.52. The Kier molecular flexibility index (Phi) is 7.66. The van der Waals surface area contributed by atoms with Crippen LogP contribution in [-0.2, 0) is 16.2 Å². The fourth-order valence-corrected chi connectivity index (χ4v) is 13.9. The zero-order chi connectivity index (χ0) is 44.3. The van der Waals surface area contributed by atoms with Crippen molar-refractivity contribution in [2.45, 2.75) is 50.9 Å². The molecule has 66 heavy (non-hydrogen) atoms. The van der Waals surface area contributed by atoms with Crippen LogP contribution in [0.25, 0.3) is 42.4 Å². The maximum atomic E-state index is 2.72. The summed E-state index contributed by atoms with van der Waals surface area (Å²) >= 11 is 1.91. The van der Waals surface area contributed by atoms with Gasteiger partial charge in [0.05, 0.1) is 11.1 Å². The first kappa shape index (κ1) is 38.2. The average molecular weight is 863 g/mol. The first-order valence-corrected chi connectivity index (χ1v) is 24.3. The molecule has 0 fully saturated rings. The molecule has 1 aliphatic carbocycles. The Morgan fingerprint density at radius 3 is 1.89 bits per heavy atom. The SMILES string of the molecule is CC(C)(C)c1ccc(N2B3c4cccc5c4N(c4ccccc4C5(c4ccccc4)c4ccccc4)c4cc5c(c(c43)-c3cc4c(cc32)sc2ccccc24)C(C)(C)c2ccccc2-5)cc1. The Labute approximate surface area is 391 Å². The van der Waals surface area contributed by atoms with E-state index in [1.165, 1.54) is 121 Å². The van der Waals surface area contributed by atoms with Crippen molar-refractivity contribution in [2.75, 3.05) is 9.71 Å². The van der Waals surface area contributed by atoms with E-state index in [2.05, 4.69) is 238 Å². The highest BCUT2D eigenvalue weighted by Gasteiger charge is 2.55. The fourth-order valence-electron chi connectivity index (χ4n) is 12.8. The van der Waals surface area contributed by atoms with Gasteiger partial charge >= 0.3 is 6.85 Å². The third-order valence-electron chi connectivity index (χ3n) is 15.6. The monoisotopic (exact) mass is 862 g/mol. The quantitative estimate of drug-likeness (QED) is 0.163. The molecule has 1 aromatic heterocycles. The molecule has 0 N–H and O–H groups in total. The van der Waals surface area contributed by atoms with Gasteiger partial charge in [0.15, 0.2) is 0 Å². The number of hydrogen-bond donors (Lipinski definition) is 0. The molecular formula is C62H47BN2S.